The van der Waals surface area contributed by atoms with Gasteiger partial charge in [-0.05, 0) is 23.8 Å². The zero-order chi connectivity index (χ0) is 14.0. The molecule has 2 rings (SSSR count). The van der Waals surface area contributed by atoms with Gasteiger partial charge in [0.25, 0.3) is 5.91 Å². The van der Waals surface area contributed by atoms with Crippen molar-refractivity contribution in [2.45, 2.75) is 18.9 Å². The fourth-order valence-electron chi connectivity index (χ4n) is 2.00. The average Bonchev–Trinajstić information content (AvgIpc) is 2.62. The molecule has 1 fully saturated rings. The second kappa shape index (κ2) is 4.98. The van der Waals surface area contributed by atoms with Crippen molar-refractivity contribution in [1.82, 2.24) is 4.90 Å². The Morgan fingerprint density at radius 3 is 2.84 bits per heavy atom. The maximum Gasteiger partial charge on any atom is 0.251 e. The largest absolute Gasteiger partial charge is 0.398 e. The predicted molar refractivity (Wildman–Crippen MR) is 70.0 cm³/mol. The highest BCUT2D eigenvalue weighted by atomic mass is 16.2. The minimum absolute atomic E-state index is 0.146. The monoisotopic (exact) mass is 258 g/mol. The molecule has 0 radical (unpaired) electrons. The molecule has 1 aliphatic rings. The van der Waals surface area contributed by atoms with E-state index in [1.165, 1.54) is 7.05 Å². The number of carbonyl (C=O) groups excluding carboxylic acids is 2. The molecule has 1 aromatic rings. The third kappa shape index (κ3) is 2.50. The summed E-state index contributed by atoms with van der Waals surface area (Å²) in [7, 11) is 1.47. The Kier molecular flexibility index (Phi) is 3.38. The maximum absolute atomic E-state index is 11.8. The first-order chi connectivity index (χ1) is 9.02. The maximum atomic E-state index is 11.8. The predicted octanol–water partition coefficient (Wildman–Crippen LogP) is 0.504. The minimum atomic E-state index is -0.545. The number of nitriles is 1. The Balaban J connectivity index is 2.16. The number of nitrogens with one attached hydrogen (secondary N) is 1. The number of benzene rings is 1. The molecule has 1 saturated heterocycles. The number of anilines is 2. The van der Waals surface area contributed by atoms with E-state index in [1.54, 1.807) is 18.2 Å². The number of carbonyl (C=O) groups is 2. The van der Waals surface area contributed by atoms with Gasteiger partial charge in [-0.3, -0.25) is 14.5 Å². The van der Waals surface area contributed by atoms with Gasteiger partial charge in [0.1, 0.15) is 6.04 Å². The van der Waals surface area contributed by atoms with E-state index in [1.807, 2.05) is 6.07 Å². The van der Waals surface area contributed by atoms with Crippen molar-refractivity contribution in [3.63, 3.8) is 0 Å². The topological polar surface area (TPSA) is 99.2 Å². The zero-order valence-corrected chi connectivity index (χ0v) is 10.5. The molecule has 0 aliphatic carbocycles. The van der Waals surface area contributed by atoms with Crippen molar-refractivity contribution in [1.29, 1.82) is 5.26 Å². The van der Waals surface area contributed by atoms with Gasteiger partial charge in [-0.25, -0.2) is 0 Å². The summed E-state index contributed by atoms with van der Waals surface area (Å²) >= 11 is 0. The van der Waals surface area contributed by atoms with Crippen LogP contribution in [-0.2, 0) is 16.0 Å². The van der Waals surface area contributed by atoms with Crippen molar-refractivity contribution in [3.05, 3.63) is 23.8 Å². The molecule has 98 valence electrons. The van der Waals surface area contributed by atoms with Crippen LogP contribution >= 0.6 is 0 Å². The van der Waals surface area contributed by atoms with Crippen molar-refractivity contribution in [2.24, 2.45) is 0 Å². The molecule has 6 heteroatoms. The summed E-state index contributed by atoms with van der Waals surface area (Å²) in [6.45, 7) is 0. The Hall–Kier alpha value is -2.55. The normalized spacial score (nSPS) is 18.5. The van der Waals surface area contributed by atoms with Crippen LogP contribution in [0.1, 0.15) is 12.0 Å². The lowest BCUT2D eigenvalue weighted by atomic mass is 10.1. The molecule has 0 bridgehead atoms. The SMILES string of the molecule is CN1C(=O)CC(Nc2ccc(N)c(CC#N)c2)C1=O. The zero-order valence-electron chi connectivity index (χ0n) is 10.5. The minimum Gasteiger partial charge on any atom is -0.398 e. The number of nitrogens with zero attached hydrogens (tertiary/aromatic N) is 2. The van der Waals surface area contributed by atoms with Gasteiger partial charge < -0.3 is 11.1 Å². The van der Waals surface area contributed by atoms with Crippen molar-refractivity contribution in [3.8, 4) is 6.07 Å². The lowest BCUT2D eigenvalue weighted by molar-refractivity contribution is -0.136. The second-order valence-corrected chi connectivity index (χ2v) is 4.44. The number of likely N-dealkylation sites (tertiary alicyclic amines) is 1. The molecule has 19 heavy (non-hydrogen) atoms. The van der Waals surface area contributed by atoms with Gasteiger partial charge in [0.05, 0.1) is 18.9 Å². The highest BCUT2D eigenvalue weighted by molar-refractivity contribution is 6.06. The molecule has 1 atom stereocenters. The van der Waals surface area contributed by atoms with Crippen LogP contribution in [0.3, 0.4) is 0 Å². The van der Waals surface area contributed by atoms with E-state index in [-0.39, 0.29) is 24.7 Å². The van der Waals surface area contributed by atoms with Crippen LogP contribution in [0.5, 0.6) is 0 Å². The van der Waals surface area contributed by atoms with E-state index in [9.17, 15) is 9.59 Å². The van der Waals surface area contributed by atoms with Gasteiger partial charge in [-0.15, -0.1) is 0 Å². The Bertz CT molecular complexity index is 576. The molecular weight excluding hydrogens is 244 g/mol. The van der Waals surface area contributed by atoms with E-state index in [0.717, 1.165) is 4.90 Å². The molecule has 0 saturated carbocycles. The van der Waals surface area contributed by atoms with E-state index in [0.29, 0.717) is 16.9 Å². The fourth-order valence-corrected chi connectivity index (χ4v) is 2.00. The molecule has 3 N–H and O–H groups in total. The van der Waals surface area contributed by atoms with Gasteiger partial charge in [-0.1, -0.05) is 0 Å². The lowest BCUT2D eigenvalue weighted by Crippen LogP contribution is -2.31. The number of likely N-dealkylation sites (N-methyl/N-ethyl adjacent to an activating group) is 1. The van der Waals surface area contributed by atoms with E-state index < -0.39 is 6.04 Å². The number of rotatable bonds is 3. The summed E-state index contributed by atoms with van der Waals surface area (Å²) < 4.78 is 0. The Labute approximate surface area is 110 Å². The fraction of sp³-hybridized carbons (Fsp3) is 0.308. The van der Waals surface area contributed by atoms with Crippen LogP contribution < -0.4 is 11.1 Å². The lowest BCUT2D eigenvalue weighted by Gasteiger charge is -2.13. The quantitative estimate of drug-likeness (QED) is 0.607. The van der Waals surface area contributed by atoms with Gasteiger partial charge in [0.2, 0.25) is 5.91 Å². The van der Waals surface area contributed by atoms with Crippen LogP contribution in [-0.4, -0.2) is 29.8 Å². The highest BCUT2D eigenvalue weighted by Gasteiger charge is 2.35. The van der Waals surface area contributed by atoms with Gasteiger partial charge >= 0.3 is 0 Å². The number of hydrogen-bond acceptors (Lipinski definition) is 5. The van der Waals surface area contributed by atoms with Crippen LogP contribution in [0.25, 0.3) is 0 Å². The van der Waals surface area contributed by atoms with Gasteiger partial charge in [-0.2, -0.15) is 5.26 Å². The first kappa shape index (κ1) is 12.9. The summed E-state index contributed by atoms with van der Waals surface area (Å²) in [6.07, 6.45) is 0.353. The second-order valence-electron chi connectivity index (χ2n) is 4.44. The van der Waals surface area contributed by atoms with E-state index in [2.05, 4.69) is 5.32 Å². The first-order valence-corrected chi connectivity index (χ1v) is 5.85. The van der Waals surface area contributed by atoms with E-state index >= 15 is 0 Å². The van der Waals surface area contributed by atoms with Crippen LogP contribution in [0.2, 0.25) is 0 Å². The van der Waals surface area contributed by atoms with Crippen LogP contribution in [0.4, 0.5) is 11.4 Å². The Morgan fingerprint density at radius 2 is 2.26 bits per heavy atom. The number of nitrogen functional groups attached to an aromatic ring is 1. The first-order valence-electron chi connectivity index (χ1n) is 5.85. The molecule has 0 aromatic heterocycles. The number of nitrogens with two attached hydrogens (primary N) is 1. The number of imide groups is 1. The molecule has 2 amide bonds. The summed E-state index contributed by atoms with van der Waals surface area (Å²) in [5.74, 6) is -0.446. The highest BCUT2D eigenvalue weighted by Crippen LogP contribution is 2.21. The third-order valence-corrected chi connectivity index (χ3v) is 3.13. The van der Waals surface area contributed by atoms with E-state index in [4.69, 9.17) is 11.0 Å². The van der Waals surface area contributed by atoms with Crippen molar-refractivity contribution >= 4 is 23.2 Å². The standard InChI is InChI=1S/C13H14N4O2/c1-17-12(18)7-11(13(17)19)16-9-2-3-10(15)8(6-9)4-5-14/h2-3,6,11,16H,4,7,15H2,1H3. The summed E-state index contributed by atoms with van der Waals surface area (Å²) in [4.78, 5) is 24.3. The van der Waals surface area contributed by atoms with Gasteiger partial charge in [0, 0.05) is 18.4 Å². The number of amides is 2. The summed E-state index contributed by atoms with van der Waals surface area (Å²) in [5.41, 5.74) is 7.67. The molecule has 1 aliphatic heterocycles. The number of hydrogen-bond donors (Lipinski definition) is 2. The van der Waals surface area contributed by atoms with Crippen LogP contribution in [0.15, 0.2) is 18.2 Å². The molecule has 0 spiro atoms. The molecular formula is C13H14N4O2. The van der Waals surface area contributed by atoms with Gasteiger partial charge in [0.15, 0.2) is 0 Å². The molecule has 6 nitrogen and oxygen atoms in total. The smallest absolute Gasteiger partial charge is 0.251 e. The molecule has 1 heterocycles. The van der Waals surface area contributed by atoms with Crippen LogP contribution in [0, 0.1) is 11.3 Å². The Morgan fingerprint density at radius 1 is 1.53 bits per heavy atom. The molecule has 1 unspecified atom stereocenters. The summed E-state index contributed by atoms with van der Waals surface area (Å²) in [6, 6.07) is 6.63. The average molecular weight is 258 g/mol. The molecule has 1 aromatic carbocycles. The summed E-state index contributed by atoms with van der Waals surface area (Å²) in [5, 5.41) is 11.7. The third-order valence-electron chi connectivity index (χ3n) is 3.13. The van der Waals surface area contributed by atoms with Crippen molar-refractivity contribution in [2.75, 3.05) is 18.1 Å². The van der Waals surface area contributed by atoms with Crippen molar-refractivity contribution < 1.29 is 9.59 Å².